The summed E-state index contributed by atoms with van der Waals surface area (Å²) in [6.07, 6.45) is 16.0. The molecule has 0 heterocycles. The molecular weight excluding hydrogens is 350 g/mol. The zero-order chi connectivity index (χ0) is 9.52. The van der Waals surface area contributed by atoms with Crippen molar-refractivity contribution in [3.05, 3.63) is 43.0 Å². The fourth-order valence-electron chi connectivity index (χ4n) is 1.29. The minimum Gasteiger partial charge on any atom is -0.0901 e. The quantitative estimate of drug-likeness (QED) is 0.517. The maximum atomic E-state index is 2.31. The second-order valence-electron chi connectivity index (χ2n) is 2.77. The Hall–Kier alpha value is 0.573. The van der Waals surface area contributed by atoms with Crippen LogP contribution >= 0.6 is 22.6 Å². The molecule has 0 radical (unpaired) electrons. The summed E-state index contributed by atoms with van der Waals surface area (Å²) in [7, 11) is 0. The third-order valence-corrected chi connectivity index (χ3v) is 5.27. The average molecular weight is 363 g/mol. The topological polar surface area (TPSA) is 0 Å². The van der Waals surface area contributed by atoms with Gasteiger partial charge in [0.2, 0.25) is 0 Å². The number of alkyl halides is 1. The summed E-state index contributed by atoms with van der Waals surface area (Å²) >= 11 is 1.84. The second-order valence-corrected chi connectivity index (χ2v) is 6.55. The summed E-state index contributed by atoms with van der Waals surface area (Å²) < 4.78 is 3.45. The minimum absolute atomic E-state index is 0.312. The van der Waals surface area contributed by atoms with Gasteiger partial charge in [0.1, 0.15) is 0 Å². The number of hydrogen-bond acceptors (Lipinski definition) is 0. The first-order valence-corrected chi connectivity index (χ1v) is 8.93. The monoisotopic (exact) mass is 362 g/mol. The molecule has 0 nitrogen and oxygen atoms in total. The standard InChI is InChI=1S/2C5H5.CH3I.Zr/c2*1-2-4-5-3-1;1-2;/h2*1-3H,4H2;1H3;. The molecule has 2 heteroatoms. The smallest absolute Gasteiger partial charge is 0.0121 e. The van der Waals surface area contributed by atoms with Gasteiger partial charge in [0.05, 0.1) is 0 Å². The van der Waals surface area contributed by atoms with Crippen LogP contribution in [0.5, 0.6) is 0 Å². The maximum Gasteiger partial charge on any atom is -0.0121 e. The van der Waals surface area contributed by atoms with E-state index >= 15 is 0 Å². The molecule has 0 bridgehead atoms. The maximum absolute atomic E-state index is 2.31. The molecule has 0 amide bonds. The van der Waals surface area contributed by atoms with Crippen LogP contribution in [0.15, 0.2) is 43.0 Å². The van der Waals surface area contributed by atoms with Crippen molar-refractivity contribution in [3.63, 3.8) is 0 Å². The first kappa shape index (κ1) is 11.6. The Balaban J connectivity index is 0.000000396. The predicted octanol–water partition coefficient (Wildman–Crippen LogP) is 3.81. The molecule has 2 rings (SSSR count). The Labute approximate surface area is 106 Å². The summed E-state index contributed by atoms with van der Waals surface area (Å²) in [6, 6.07) is 0. The van der Waals surface area contributed by atoms with Gasteiger partial charge in [-0.1, -0.05) is 22.6 Å². The largest absolute Gasteiger partial charge is 0.0901 e. The number of rotatable bonds is 2. The first-order valence-electron chi connectivity index (χ1n) is 4.31. The molecule has 0 aliphatic heterocycles. The Kier molecular flexibility index (Phi) is 6.22. The van der Waals surface area contributed by atoms with E-state index in [1.54, 1.807) is 6.56 Å². The molecule has 2 aliphatic rings. The van der Waals surface area contributed by atoms with E-state index in [4.69, 9.17) is 0 Å². The fourth-order valence-corrected chi connectivity index (χ4v) is 4.26. The zero-order valence-electron chi connectivity index (χ0n) is 7.76. The molecule has 0 saturated carbocycles. The normalized spacial score (nSPS) is 17.7. The molecule has 0 atom stereocenters. The van der Waals surface area contributed by atoms with Crippen LogP contribution < -0.4 is 0 Å². The van der Waals surface area contributed by atoms with Crippen LogP contribution in [0.3, 0.4) is 0 Å². The summed E-state index contributed by atoms with van der Waals surface area (Å²) in [5.74, 6) is 0. The molecule has 0 aromatic heterocycles. The molecule has 0 N–H and O–H groups in total. The van der Waals surface area contributed by atoms with Crippen LogP contribution in [-0.2, 0) is 23.2 Å². The third-order valence-electron chi connectivity index (χ3n) is 1.86. The van der Waals surface area contributed by atoms with Crippen LogP contribution in [0.2, 0.25) is 0 Å². The van der Waals surface area contributed by atoms with Crippen LogP contribution in [0.25, 0.3) is 0 Å². The van der Waals surface area contributed by atoms with Crippen molar-refractivity contribution in [2.45, 2.75) is 12.8 Å². The summed E-state index contributed by atoms with van der Waals surface area (Å²) in [5, 5.41) is 0. The predicted molar refractivity (Wildman–Crippen MR) is 63.6 cm³/mol. The Morgan fingerprint density at radius 3 is 1.77 bits per heavy atom. The van der Waals surface area contributed by atoms with Crippen molar-refractivity contribution in [2.75, 3.05) is 4.93 Å². The molecule has 0 unspecified atom stereocenters. The van der Waals surface area contributed by atoms with Crippen molar-refractivity contribution >= 4 is 22.6 Å². The minimum atomic E-state index is -0.312. The Morgan fingerprint density at radius 1 is 1.00 bits per heavy atom. The number of hydrogen-bond donors (Lipinski definition) is 0. The summed E-state index contributed by atoms with van der Waals surface area (Å²) in [4.78, 5) is 1.97. The van der Waals surface area contributed by atoms with Crippen molar-refractivity contribution in [1.82, 2.24) is 0 Å². The van der Waals surface area contributed by atoms with Crippen molar-refractivity contribution in [2.24, 2.45) is 0 Å². The zero-order valence-corrected chi connectivity index (χ0v) is 12.4. The van der Waals surface area contributed by atoms with E-state index in [1.165, 1.54) is 12.8 Å². The van der Waals surface area contributed by atoms with Gasteiger partial charge in [-0.25, -0.2) is 0 Å². The SMILES string of the molecule is C1=CC[C]([Zr][C]2=CC=CC2)=C1.CI. The van der Waals surface area contributed by atoms with Gasteiger partial charge in [-0.05, 0) is 4.93 Å². The molecule has 0 fully saturated rings. The third kappa shape index (κ3) is 4.07. The van der Waals surface area contributed by atoms with Crippen LogP contribution in [-0.4, -0.2) is 4.93 Å². The number of allylic oxidation sites excluding steroid dienone is 8. The molecule has 13 heavy (non-hydrogen) atoms. The Morgan fingerprint density at radius 2 is 1.46 bits per heavy atom. The van der Waals surface area contributed by atoms with Gasteiger partial charge in [-0.15, -0.1) is 0 Å². The summed E-state index contributed by atoms with van der Waals surface area (Å²) in [6.45, 7) is 0. The molecule has 0 aromatic carbocycles. The van der Waals surface area contributed by atoms with Gasteiger partial charge in [0.25, 0.3) is 0 Å². The van der Waals surface area contributed by atoms with Crippen molar-refractivity contribution < 1.29 is 23.2 Å². The summed E-state index contributed by atoms with van der Waals surface area (Å²) in [5.41, 5.74) is 0. The average Bonchev–Trinajstić information content (AvgIpc) is 2.81. The molecule has 0 aromatic rings. The van der Waals surface area contributed by atoms with Crippen molar-refractivity contribution in [3.8, 4) is 0 Å². The van der Waals surface area contributed by atoms with E-state index in [0.717, 1.165) is 0 Å². The van der Waals surface area contributed by atoms with Gasteiger partial charge in [0, 0.05) is 0 Å². The van der Waals surface area contributed by atoms with Crippen LogP contribution in [0.4, 0.5) is 0 Å². The van der Waals surface area contributed by atoms with E-state index in [0.29, 0.717) is 0 Å². The van der Waals surface area contributed by atoms with E-state index < -0.39 is 0 Å². The second kappa shape index (κ2) is 6.94. The first-order chi connectivity index (χ1) is 6.45. The van der Waals surface area contributed by atoms with E-state index in [9.17, 15) is 0 Å². The van der Waals surface area contributed by atoms with Gasteiger partial charge < -0.3 is 0 Å². The van der Waals surface area contributed by atoms with E-state index in [1.807, 2.05) is 4.93 Å². The Bertz CT molecular complexity index is 244. The van der Waals surface area contributed by atoms with Crippen molar-refractivity contribution in [1.29, 1.82) is 0 Å². The van der Waals surface area contributed by atoms with Gasteiger partial charge in [0.15, 0.2) is 0 Å². The van der Waals surface area contributed by atoms with E-state index in [2.05, 4.69) is 59.0 Å². The molecule has 68 valence electrons. The molecule has 0 saturated heterocycles. The fraction of sp³-hybridized carbons (Fsp3) is 0.273. The number of halogens is 1. The van der Waals surface area contributed by atoms with Gasteiger partial charge in [-0.3, -0.25) is 0 Å². The van der Waals surface area contributed by atoms with Crippen LogP contribution in [0.1, 0.15) is 12.8 Å². The molecule has 0 spiro atoms. The van der Waals surface area contributed by atoms with E-state index in [-0.39, 0.29) is 23.2 Å². The molecule has 2 aliphatic carbocycles. The molecular formula is C11H13IZr. The van der Waals surface area contributed by atoms with Gasteiger partial charge >= 0.3 is 79.1 Å². The van der Waals surface area contributed by atoms with Gasteiger partial charge in [-0.2, -0.15) is 0 Å². The van der Waals surface area contributed by atoms with Crippen LogP contribution in [0, 0.1) is 0 Å².